The van der Waals surface area contributed by atoms with Crippen LogP contribution in [0.5, 0.6) is 11.5 Å². The fourth-order valence-corrected chi connectivity index (χ4v) is 4.59. The number of nitrogens with one attached hydrogen (secondary N) is 1. The zero-order chi connectivity index (χ0) is 24.9. The lowest BCUT2D eigenvalue weighted by Gasteiger charge is -2.09. The van der Waals surface area contributed by atoms with Gasteiger partial charge in [0.2, 0.25) is 0 Å². The third-order valence-corrected chi connectivity index (χ3v) is 6.53. The second-order valence-corrected chi connectivity index (χ2v) is 9.31. The third kappa shape index (κ3) is 8.55. The number of nitrogens with zero attached hydrogens (tertiary/aromatic N) is 1. The second-order valence-electron chi connectivity index (χ2n) is 8.20. The van der Waals surface area contributed by atoms with E-state index in [9.17, 15) is 20.3 Å². The van der Waals surface area contributed by atoms with E-state index in [2.05, 4.69) is 29.6 Å². The Balaban J connectivity index is 1.52. The van der Waals surface area contributed by atoms with Gasteiger partial charge in [-0.15, -0.1) is 0 Å². The van der Waals surface area contributed by atoms with Gasteiger partial charge in [0.1, 0.15) is 11.6 Å². The van der Waals surface area contributed by atoms with E-state index in [1.165, 1.54) is 23.3 Å². The number of hydrogen-bond acceptors (Lipinski definition) is 5. The van der Waals surface area contributed by atoms with E-state index in [1.54, 1.807) is 17.8 Å². The Morgan fingerprint density at radius 2 is 1.60 bits per heavy atom. The van der Waals surface area contributed by atoms with Crippen LogP contribution in [-0.2, 0) is 23.4 Å². The summed E-state index contributed by atoms with van der Waals surface area (Å²) in [6.45, 7) is 0.481. The molecular weight excluding hydrogens is 456 g/mol. The number of benzene rings is 3. The van der Waals surface area contributed by atoms with E-state index in [0.29, 0.717) is 23.4 Å². The van der Waals surface area contributed by atoms with Gasteiger partial charge in [0.15, 0.2) is 11.5 Å². The molecule has 0 aliphatic rings. The molecule has 0 saturated carbocycles. The van der Waals surface area contributed by atoms with Crippen LogP contribution in [0.25, 0.3) is 6.08 Å². The van der Waals surface area contributed by atoms with Crippen molar-refractivity contribution in [1.82, 2.24) is 5.32 Å². The molecular formula is C29H30N2O3S. The molecule has 0 fully saturated rings. The highest BCUT2D eigenvalue weighted by Gasteiger charge is 2.12. The third-order valence-electron chi connectivity index (χ3n) is 5.52. The molecule has 0 aliphatic heterocycles. The van der Waals surface area contributed by atoms with Crippen molar-refractivity contribution < 1.29 is 15.0 Å². The van der Waals surface area contributed by atoms with Crippen molar-refractivity contribution in [3.63, 3.8) is 0 Å². The predicted octanol–water partition coefficient (Wildman–Crippen LogP) is 5.62. The summed E-state index contributed by atoms with van der Waals surface area (Å²) < 4.78 is 0. The summed E-state index contributed by atoms with van der Waals surface area (Å²) in [4.78, 5) is 12.5. The number of rotatable bonds is 12. The maximum absolute atomic E-state index is 12.5. The Bertz CT molecular complexity index is 1170. The number of hydrogen-bond donors (Lipinski definition) is 3. The van der Waals surface area contributed by atoms with Crippen LogP contribution in [0.1, 0.15) is 35.1 Å². The van der Waals surface area contributed by atoms with E-state index in [0.717, 1.165) is 31.4 Å². The van der Waals surface area contributed by atoms with Crippen molar-refractivity contribution in [1.29, 1.82) is 5.26 Å². The highest BCUT2D eigenvalue weighted by molar-refractivity contribution is 7.98. The zero-order valence-electron chi connectivity index (χ0n) is 19.6. The quantitative estimate of drug-likeness (QED) is 0.134. The maximum atomic E-state index is 12.5. The molecule has 3 N–H and O–H groups in total. The first-order chi connectivity index (χ1) is 17.1. The van der Waals surface area contributed by atoms with E-state index >= 15 is 0 Å². The number of aryl methyl sites for hydroxylation is 2. The Kier molecular flexibility index (Phi) is 10.3. The Morgan fingerprint density at radius 3 is 2.26 bits per heavy atom. The number of amides is 1. The summed E-state index contributed by atoms with van der Waals surface area (Å²) in [5, 5.41) is 32.7. The topological polar surface area (TPSA) is 93.3 Å². The van der Waals surface area contributed by atoms with Crippen molar-refractivity contribution in [2.75, 3.05) is 12.3 Å². The Hall–Kier alpha value is -3.69. The zero-order valence-corrected chi connectivity index (χ0v) is 20.4. The summed E-state index contributed by atoms with van der Waals surface area (Å²) in [7, 11) is 0. The summed E-state index contributed by atoms with van der Waals surface area (Å²) in [5.74, 6) is 0.481. The lowest BCUT2D eigenvalue weighted by Crippen LogP contribution is -2.25. The number of phenolic OH excluding ortho intramolecular Hbond substituents is 2. The van der Waals surface area contributed by atoms with Gasteiger partial charge in [-0.05, 0) is 66.3 Å². The van der Waals surface area contributed by atoms with Crippen LogP contribution in [-0.4, -0.2) is 28.4 Å². The summed E-state index contributed by atoms with van der Waals surface area (Å²) >= 11 is 1.64. The molecule has 35 heavy (non-hydrogen) atoms. The molecule has 0 atom stereocenters. The van der Waals surface area contributed by atoms with Gasteiger partial charge >= 0.3 is 0 Å². The molecule has 0 spiro atoms. The maximum Gasteiger partial charge on any atom is 0.261 e. The first kappa shape index (κ1) is 25.9. The molecule has 0 radical (unpaired) electrons. The van der Waals surface area contributed by atoms with Gasteiger partial charge in [-0.25, -0.2) is 0 Å². The van der Waals surface area contributed by atoms with Crippen LogP contribution < -0.4 is 5.32 Å². The van der Waals surface area contributed by atoms with Crippen molar-refractivity contribution in [2.45, 2.75) is 31.4 Å². The number of phenols is 2. The number of nitriles is 1. The minimum atomic E-state index is -0.446. The van der Waals surface area contributed by atoms with E-state index in [-0.39, 0.29) is 17.1 Å². The Morgan fingerprint density at radius 1 is 0.943 bits per heavy atom. The van der Waals surface area contributed by atoms with Crippen molar-refractivity contribution >= 4 is 23.7 Å². The minimum Gasteiger partial charge on any atom is -0.504 e. The summed E-state index contributed by atoms with van der Waals surface area (Å²) in [6.07, 6.45) is 5.03. The van der Waals surface area contributed by atoms with Crippen molar-refractivity contribution in [3.05, 3.63) is 101 Å². The molecule has 0 saturated heterocycles. The van der Waals surface area contributed by atoms with Crippen molar-refractivity contribution in [3.8, 4) is 17.6 Å². The van der Waals surface area contributed by atoms with E-state index in [4.69, 9.17) is 0 Å². The first-order valence-corrected chi connectivity index (χ1v) is 12.8. The molecule has 3 rings (SSSR count). The van der Waals surface area contributed by atoms with Crippen LogP contribution in [0.15, 0.2) is 78.4 Å². The van der Waals surface area contributed by atoms with Gasteiger partial charge in [-0.3, -0.25) is 4.79 Å². The van der Waals surface area contributed by atoms with Gasteiger partial charge in [-0.2, -0.15) is 17.0 Å². The molecule has 5 nitrogen and oxygen atoms in total. The van der Waals surface area contributed by atoms with Gasteiger partial charge in [0.05, 0.1) is 0 Å². The average molecular weight is 487 g/mol. The minimum absolute atomic E-state index is 0.0409. The standard InChI is InChI=1S/C29H30N2O3S/c30-20-25(29(34)31-15-8-7-13-22-9-3-1-4-10-22)17-24-18-26(28(33)27(32)19-24)21-35-16-14-23-11-5-2-6-12-23/h1-6,9-12,17-19,32-33H,7-8,13-16,21H2,(H,31,34)/b25-17+. The Labute approximate surface area is 211 Å². The smallest absolute Gasteiger partial charge is 0.261 e. The molecule has 0 heterocycles. The highest BCUT2D eigenvalue weighted by atomic mass is 32.2. The van der Waals surface area contributed by atoms with Gasteiger partial charge in [0, 0.05) is 17.9 Å². The summed E-state index contributed by atoms with van der Waals surface area (Å²) in [6, 6.07) is 25.3. The SMILES string of the molecule is N#C/C(=C\c1cc(O)c(O)c(CSCCc2ccccc2)c1)C(=O)NCCCCc1ccccc1. The fraction of sp³-hybridized carbons (Fsp3) is 0.241. The number of carbonyl (C=O) groups is 1. The van der Waals surface area contributed by atoms with Gasteiger partial charge < -0.3 is 15.5 Å². The number of carbonyl (C=O) groups excluding carboxylic acids is 1. The first-order valence-electron chi connectivity index (χ1n) is 11.7. The van der Waals surface area contributed by atoms with Crippen molar-refractivity contribution in [2.24, 2.45) is 0 Å². The van der Waals surface area contributed by atoms with Crippen LogP contribution in [0.4, 0.5) is 0 Å². The molecule has 0 aliphatic carbocycles. The lowest BCUT2D eigenvalue weighted by atomic mass is 10.1. The predicted molar refractivity (Wildman–Crippen MR) is 142 cm³/mol. The van der Waals surface area contributed by atoms with Crippen LogP contribution in [0.3, 0.4) is 0 Å². The largest absolute Gasteiger partial charge is 0.504 e. The number of unbranched alkanes of at least 4 members (excludes halogenated alkanes) is 1. The van der Waals surface area contributed by atoms with Crippen LogP contribution in [0.2, 0.25) is 0 Å². The number of thioether (sulfide) groups is 1. The molecule has 0 bridgehead atoms. The van der Waals surface area contributed by atoms with Gasteiger partial charge in [0.25, 0.3) is 5.91 Å². The monoisotopic (exact) mass is 486 g/mol. The van der Waals surface area contributed by atoms with Crippen LogP contribution >= 0.6 is 11.8 Å². The lowest BCUT2D eigenvalue weighted by molar-refractivity contribution is -0.117. The fourth-order valence-electron chi connectivity index (χ4n) is 3.62. The summed E-state index contributed by atoms with van der Waals surface area (Å²) in [5.41, 5.74) is 3.52. The molecule has 0 unspecified atom stereocenters. The second kappa shape index (κ2) is 13.9. The molecule has 1 amide bonds. The highest BCUT2D eigenvalue weighted by Crippen LogP contribution is 2.33. The molecule has 0 aromatic heterocycles. The molecule has 3 aromatic carbocycles. The molecule has 180 valence electrons. The normalized spacial score (nSPS) is 11.1. The van der Waals surface area contributed by atoms with E-state index in [1.807, 2.05) is 42.5 Å². The number of aromatic hydroxyl groups is 2. The molecule has 6 heteroatoms. The molecule has 3 aromatic rings. The van der Waals surface area contributed by atoms with Crippen LogP contribution in [0, 0.1) is 11.3 Å². The van der Waals surface area contributed by atoms with E-state index < -0.39 is 5.91 Å². The average Bonchev–Trinajstić information content (AvgIpc) is 2.88. The van der Waals surface area contributed by atoms with Gasteiger partial charge in [-0.1, -0.05) is 60.7 Å².